The Morgan fingerprint density at radius 1 is 1.18 bits per heavy atom. The number of benzene rings is 1. The molecule has 2 aromatic heterocycles. The summed E-state index contributed by atoms with van der Waals surface area (Å²) in [6, 6.07) is 9.58. The lowest BCUT2D eigenvalue weighted by atomic mass is 10.1. The van der Waals surface area contributed by atoms with Crippen molar-refractivity contribution in [1.29, 1.82) is 0 Å². The van der Waals surface area contributed by atoms with Gasteiger partial charge in [0.25, 0.3) is 0 Å². The van der Waals surface area contributed by atoms with E-state index in [2.05, 4.69) is 9.97 Å². The highest BCUT2D eigenvalue weighted by Gasteiger charge is 2.11. The van der Waals surface area contributed by atoms with Gasteiger partial charge in [0.1, 0.15) is 5.69 Å². The first kappa shape index (κ1) is 10.1. The first-order valence-electron chi connectivity index (χ1n) is 5.12. The molecule has 17 heavy (non-hydrogen) atoms. The van der Waals surface area contributed by atoms with Crippen LogP contribution in [0.4, 0.5) is 0 Å². The Balaban J connectivity index is 2.09. The number of aromatic nitrogens is 2. The van der Waals surface area contributed by atoms with E-state index in [9.17, 15) is 4.79 Å². The Bertz CT molecular complexity index is 677. The number of para-hydroxylation sites is 1. The highest BCUT2D eigenvalue weighted by molar-refractivity contribution is 7.07. The normalized spacial score (nSPS) is 10.6. The van der Waals surface area contributed by atoms with Gasteiger partial charge in [0.2, 0.25) is 5.78 Å². The van der Waals surface area contributed by atoms with Crippen molar-refractivity contribution in [3.05, 3.63) is 58.7 Å². The maximum atomic E-state index is 12.1. The lowest BCUT2D eigenvalue weighted by Crippen LogP contribution is -2.02. The lowest BCUT2D eigenvalue weighted by Gasteiger charge is -2.00. The quantitative estimate of drug-likeness (QED) is 0.647. The van der Waals surface area contributed by atoms with Gasteiger partial charge in [0, 0.05) is 22.5 Å². The van der Waals surface area contributed by atoms with Gasteiger partial charge in [-0.1, -0.05) is 18.2 Å². The minimum atomic E-state index is -0.0792. The number of thiazole rings is 1. The summed E-state index contributed by atoms with van der Waals surface area (Å²) in [5, 5.41) is 2.71. The molecule has 0 N–H and O–H groups in total. The molecule has 3 nitrogen and oxygen atoms in total. The number of pyridine rings is 1. The molecule has 0 spiro atoms. The first-order chi connectivity index (χ1) is 8.34. The van der Waals surface area contributed by atoms with Crippen LogP contribution in [-0.4, -0.2) is 15.8 Å². The number of carbonyl (C=O) groups excluding carboxylic acids is 1. The number of hydrogen-bond acceptors (Lipinski definition) is 4. The van der Waals surface area contributed by atoms with E-state index in [1.807, 2.05) is 30.3 Å². The summed E-state index contributed by atoms with van der Waals surface area (Å²) in [6.45, 7) is 0. The molecule has 4 heteroatoms. The largest absolute Gasteiger partial charge is 0.287 e. The van der Waals surface area contributed by atoms with E-state index in [1.54, 1.807) is 17.1 Å². The van der Waals surface area contributed by atoms with Crippen molar-refractivity contribution in [2.24, 2.45) is 0 Å². The van der Waals surface area contributed by atoms with Crippen LogP contribution < -0.4 is 0 Å². The molecule has 0 amide bonds. The molecule has 0 radical (unpaired) electrons. The molecule has 0 fully saturated rings. The van der Waals surface area contributed by atoms with Crippen molar-refractivity contribution >= 4 is 28.0 Å². The van der Waals surface area contributed by atoms with Crippen LogP contribution in [0.2, 0.25) is 0 Å². The summed E-state index contributed by atoms with van der Waals surface area (Å²) in [5.74, 6) is -0.0792. The molecule has 1 aromatic carbocycles. The fourth-order valence-corrected chi connectivity index (χ4v) is 2.20. The molecule has 0 unspecified atom stereocenters. The van der Waals surface area contributed by atoms with Crippen LogP contribution in [0.3, 0.4) is 0 Å². The molecule has 0 aliphatic heterocycles. The van der Waals surface area contributed by atoms with E-state index >= 15 is 0 Å². The Morgan fingerprint density at radius 2 is 2.06 bits per heavy atom. The van der Waals surface area contributed by atoms with Crippen molar-refractivity contribution in [2.45, 2.75) is 0 Å². The average molecular weight is 240 g/mol. The van der Waals surface area contributed by atoms with Gasteiger partial charge < -0.3 is 0 Å². The number of hydrogen-bond donors (Lipinski definition) is 0. The fraction of sp³-hybridized carbons (Fsp3) is 0. The predicted octanol–water partition coefficient (Wildman–Crippen LogP) is 2.92. The maximum Gasteiger partial charge on any atom is 0.213 e. The Morgan fingerprint density at radius 3 is 2.88 bits per heavy atom. The predicted molar refractivity (Wildman–Crippen MR) is 67.3 cm³/mol. The van der Waals surface area contributed by atoms with Gasteiger partial charge in [-0.3, -0.25) is 9.78 Å². The summed E-state index contributed by atoms with van der Waals surface area (Å²) in [5.41, 5.74) is 3.60. The standard InChI is InChI=1S/C13H8N2OS/c16-13(12-7-17-8-15-12)10-5-9-3-1-2-4-11(9)14-6-10/h1-8H. The molecule has 3 rings (SSSR count). The van der Waals surface area contributed by atoms with Crippen LogP contribution in [0.5, 0.6) is 0 Å². The zero-order valence-electron chi connectivity index (χ0n) is 8.83. The van der Waals surface area contributed by atoms with Gasteiger partial charge in [-0.25, -0.2) is 4.98 Å². The third kappa shape index (κ3) is 1.83. The highest BCUT2D eigenvalue weighted by Crippen LogP contribution is 2.15. The Labute approximate surface area is 102 Å². The maximum absolute atomic E-state index is 12.1. The highest BCUT2D eigenvalue weighted by atomic mass is 32.1. The van der Waals surface area contributed by atoms with E-state index in [0.717, 1.165) is 10.9 Å². The van der Waals surface area contributed by atoms with Crippen LogP contribution in [0.1, 0.15) is 16.1 Å². The van der Waals surface area contributed by atoms with Crippen LogP contribution in [-0.2, 0) is 0 Å². The summed E-state index contributed by atoms with van der Waals surface area (Å²) >= 11 is 1.41. The number of rotatable bonds is 2. The summed E-state index contributed by atoms with van der Waals surface area (Å²) in [4.78, 5) is 20.3. The second-order valence-corrected chi connectivity index (χ2v) is 4.34. The molecule has 2 heterocycles. The van der Waals surface area contributed by atoms with Crippen molar-refractivity contribution in [2.75, 3.05) is 0 Å². The number of carbonyl (C=O) groups is 1. The number of fused-ring (bicyclic) bond motifs is 1. The molecule has 0 saturated heterocycles. The van der Waals surface area contributed by atoms with Crippen molar-refractivity contribution in [3.8, 4) is 0 Å². The molecule has 0 atom stereocenters. The molecule has 82 valence electrons. The van der Waals surface area contributed by atoms with Crippen molar-refractivity contribution < 1.29 is 4.79 Å². The van der Waals surface area contributed by atoms with Crippen LogP contribution in [0.25, 0.3) is 10.9 Å². The second kappa shape index (κ2) is 4.07. The molecular formula is C13H8N2OS. The monoisotopic (exact) mass is 240 g/mol. The van der Waals surface area contributed by atoms with E-state index < -0.39 is 0 Å². The molecular weight excluding hydrogens is 232 g/mol. The van der Waals surface area contributed by atoms with E-state index in [1.165, 1.54) is 11.3 Å². The van der Waals surface area contributed by atoms with Crippen LogP contribution >= 0.6 is 11.3 Å². The summed E-state index contributed by atoms with van der Waals surface area (Å²) in [6.07, 6.45) is 1.60. The first-order valence-corrected chi connectivity index (χ1v) is 6.06. The van der Waals surface area contributed by atoms with Gasteiger partial charge in [0.15, 0.2) is 0 Å². The van der Waals surface area contributed by atoms with Crippen LogP contribution in [0.15, 0.2) is 47.4 Å². The Kier molecular flexibility index (Phi) is 2.42. The zero-order chi connectivity index (χ0) is 11.7. The van der Waals surface area contributed by atoms with Gasteiger partial charge in [-0.05, 0) is 12.1 Å². The van der Waals surface area contributed by atoms with Gasteiger partial charge in [-0.2, -0.15) is 0 Å². The molecule has 0 bridgehead atoms. The van der Waals surface area contributed by atoms with E-state index in [0.29, 0.717) is 11.3 Å². The van der Waals surface area contributed by atoms with E-state index in [-0.39, 0.29) is 5.78 Å². The average Bonchev–Trinajstić information content (AvgIpc) is 2.91. The smallest absolute Gasteiger partial charge is 0.213 e. The summed E-state index contributed by atoms with van der Waals surface area (Å²) < 4.78 is 0. The molecule has 0 aliphatic carbocycles. The molecule has 0 saturated carbocycles. The number of nitrogens with zero attached hydrogens (tertiary/aromatic N) is 2. The van der Waals surface area contributed by atoms with Gasteiger partial charge in [0.05, 0.1) is 11.0 Å². The van der Waals surface area contributed by atoms with E-state index in [4.69, 9.17) is 0 Å². The van der Waals surface area contributed by atoms with Crippen molar-refractivity contribution in [3.63, 3.8) is 0 Å². The SMILES string of the molecule is O=C(c1cnc2ccccc2c1)c1cscn1. The number of ketones is 1. The van der Waals surface area contributed by atoms with Gasteiger partial charge >= 0.3 is 0 Å². The Hall–Kier alpha value is -2.07. The summed E-state index contributed by atoms with van der Waals surface area (Å²) in [7, 11) is 0. The van der Waals surface area contributed by atoms with Crippen LogP contribution in [0, 0.1) is 0 Å². The zero-order valence-corrected chi connectivity index (χ0v) is 9.65. The van der Waals surface area contributed by atoms with Crippen molar-refractivity contribution in [1.82, 2.24) is 9.97 Å². The second-order valence-electron chi connectivity index (χ2n) is 3.62. The molecule has 0 aliphatic rings. The third-order valence-electron chi connectivity index (χ3n) is 2.52. The topological polar surface area (TPSA) is 42.9 Å². The third-order valence-corrected chi connectivity index (χ3v) is 3.10. The molecule has 3 aromatic rings. The van der Waals surface area contributed by atoms with Gasteiger partial charge in [-0.15, -0.1) is 11.3 Å². The lowest BCUT2D eigenvalue weighted by molar-refractivity contribution is 0.103. The minimum absolute atomic E-state index is 0.0792. The fourth-order valence-electron chi connectivity index (χ4n) is 1.67. The minimum Gasteiger partial charge on any atom is -0.287 e.